The van der Waals surface area contributed by atoms with Gasteiger partial charge in [-0.25, -0.2) is 13.1 Å². The summed E-state index contributed by atoms with van der Waals surface area (Å²) in [7, 11) is -4.10. The molecule has 1 aromatic rings. The topological polar surface area (TPSA) is 89.3 Å². The van der Waals surface area contributed by atoms with E-state index in [0.717, 1.165) is 42.5 Å². The number of hydrogen-bond donors (Lipinski definition) is 1. The van der Waals surface area contributed by atoms with Crippen LogP contribution < -0.4 is 4.72 Å². The average molecular weight is 334 g/mol. The van der Waals surface area contributed by atoms with Crippen LogP contribution in [0.1, 0.15) is 12.8 Å². The molecule has 21 heavy (non-hydrogen) atoms. The van der Waals surface area contributed by atoms with E-state index in [-0.39, 0.29) is 12.5 Å². The summed E-state index contributed by atoms with van der Waals surface area (Å²) in [6.07, 6.45) is 1.80. The van der Waals surface area contributed by atoms with Gasteiger partial charge < -0.3 is 0 Å². The largest absolute Gasteiger partial charge is 0.324 e. The van der Waals surface area contributed by atoms with Crippen LogP contribution in [-0.2, 0) is 10.0 Å². The Morgan fingerprint density at radius 3 is 2.67 bits per heavy atom. The molecule has 1 fully saturated rings. The van der Waals surface area contributed by atoms with E-state index >= 15 is 0 Å². The van der Waals surface area contributed by atoms with E-state index in [4.69, 9.17) is 0 Å². The summed E-state index contributed by atoms with van der Waals surface area (Å²) in [5.41, 5.74) is -1.01. The highest BCUT2D eigenvalue weighted by molar-refractivity contribution is 7.99. The van der Waals surface area contributed by atoms with E-state index in [1.54, 1.807) is 0 Å². The highest BCUT2D eigenvalue weighted by Crippen LogP contribution is 2.27. The number of para-hydroxylation sites is 1. The zero-order valence-corrected chi connectivity index (χ0v) is 12.8. The summed E-state index contributed by atoms with van der Waals surface area (Å²) in [5.74, 6) is 1.02. The lowest BCUT2D eigenvalue weighted by atomic mass is 10.0. The van der Waals surface area contributed by atoms with Crippen molar-refractivity contribution in [2.24, 2.45) is 5.92 Å². The van der Waals surface area contributed by atoms with Crippen LogP contribution >= 0.6 is 11.8 Å². The maximum absolute atomic E-state index is 13.5. The zero-order valence-electron chi connectivity index (χ0n) is 11.1. The summed E-state index contributed by atoms with van der Waals surface area (Å²) < 4.78 is 40.2. The van der Waals surface area contributed by atoms with Crippen molar-refractivity contribution in [3.8, 4) is 0 Å². The molecule has 116 valence electrons. The number of nitrogens with zero attached hydrogens (tertiary/aromatic N) is 1. The number of nitro benzene ring substituents is 1. The maximum atomic E-state index is 13.5. The smallest absolute Gasteiger partial charge is 0.258 e. The third-order valence-corrected chi connectivity index (χ3v) is 5.83. The van der Waals surface area contributed by atoms with Crippen LogP contribution in [0.25, 0.3) is 0 Å². The van der Waals surface area contributed by atoms with Gasteiger partial charge in [-0.2, -0.15) is 16.2 Å². The van der Waals surface area contributed by atoms with E-state index in [9.17, 15) is 22.9 Å². The van der Waals surface area contributed by atoms with Crippen LogP contribution in [0.3, 0.4) is 0 Å². The number of rotatable bonds is 5. The van der Waals surface area contributed by atoms with Crippen molar-refractivity contribution in [1.29, 1.82) is 0 Å². The minimum atomic E-state index is -4.10. The molecular weight excluding hydrogens is 319 g/mol. The quantitative estimate of drug-likeness (QED) is 0.658. The molecule has 1 N–H and O–H groups in total. The number of hydrogen-bond acceptors (Lipinski definition) is 5. The third kappa shape index (κ3) is 3.92. The molecule has 0 aromatic heterocycles. The molecule has 0 radical (unpaired) electrons. The highest BCUT2D eigenvalue weighted by atomic mass is 32.2. The van der Waals surface area contributed by atoms with Crippen LogP contribution in [0.15, 0.2) is 23.1 Å². The molecule has 1 aliphatic rings. The Morgan fingerprint density at radius 2 is 2.05 bits per heavy atom. The second kappa shape index (κ2) is 6.71. The van der Waals surface area contributed by atoms with Gasteiger partial charge in [0.1, 0.15) is 0 Å². The molecular formula is C12H15FN2O4S2. The number of sulfonamides is 1. The Balaban J connectivity index is 2.19. The number of benzene rings is 1. The van der Waals surface area contributed by atoms with Crippen molar-refractivity contribution >= 4 is 27.5 Å². The minimum absolute atomic E-state index is 0.216. The first-order chi connectivity index (χ1) is 9.92. The van der Waals surface area contributed by atoms with Crippen LogP contribution in [0.5, 0.6) is 0 Å². The summed E-state index contributed by atoms with van der Waals surface area (Å²) in [5, 5.41) is 10.9. The highest BCUT2D eigenvalue weighted by Gasteiger charge is 2.29. The van der Waals surface area contributed by atoms with Gasteiger partial charge in [0.2, 0.25) is 15.8 Å². The number of nitro groups is 1. The van der Waals surface area contributed by atoms with Gasteiger partial charge in [0.15, 0.2) is 4.90 Å². The summed E-state index contributed by atoms with van der Waals surface area (Å²) in [4.78, 5) is 9.23. The van der Waals surface area contributed by atoms with Gasteiger partial charge in [-0.3, -0.25) is 10.1 Å². The Kier molecular flexibility index (Phi) is 5.17. The molecule has 1 aliphatic heterocycles. The minimum Gasteiger partial charge on any atom is -0.258 e. The molecule has 0 saturated carbocycles. The van der Waals surface area contributed by atoms with Crippen molar-refractivity contribution in [2.75, 3.05) is 18.1 Å². The Bertz CT molecular complexity index is 630. The molecule has 0 bridgehead atoms. The maximum Gasteiger partial charge on any atom is 0.324 e. The predicted octanol–water partition coefficient (Wildman–Crippen LogP) is 2.16. The number of nitrogens with one attached hydrogen (secondary N) is 1. The molecule has 0 amide bonds. The first-order valence-electron chi connectivity index (χ1n) is 6.42. The standard InChI is InChI=1S/C12H15FN2O4S2/c13-10-2-1-3-11(12(10)15(16)17)21(18,19)14-8-9-4-6-20-7-5-9/h1-3,9,14H,4-8H2. The summed E-state index contributed by atoms with van der Waals surface area (Å²) in [6, 6.07) is 3.06. The lowest BCUT2D eigenvalue weighted by Crippen LogP contribution is -2.31. The van der Waals surface area contributed by atoms with Crippen LogP contribution in [0.2, 0.25) is 0 Å². The monoisotopic (exact) mass is 334 g/mol. The summed E-state index contributed by atoms with van der Waals surface area (Å²) >= 11 is 1.82. The lowest BCUT2D eigenvalue weighted by Gasteiger charge is -2.21. The van der Waals surface area contributed by atoms with Gasteiger partial charge in [-0.1, -0.05) is 6.07 Å². The first kappa shape index (κ1) is 16.2. The predicted molar refractivity (Wildman–Crippen MR) is 78.3 cm³/mol. The molecule has 1 saturated heterocycles. The second-order valence-corrected chi connectivity index (χ2v) is 7.71. The molecule has 1 heterocycles. The molecule has 0 aliphatic carbocycles. The van der Waals surface area contributed by atoms with E-state index in [2.05, 4.69) is 4.72 Å². The van der Waals surface area contributed by atoms with Gasteiger partial charge in [-0.05, 0) is 42.4 Å². The summed E-state index contributed by atoms with van der Waals surface area (Å²) in [6.45, 7) is 0.219. The van der Waals surface area contributed by atoms with Crippen molar-refractivity contribution in [3.05, 3.63) is 34.1 Å². The fourth-order valence-electron chi connectivity index (χ4n) is 2.15. The van der Waals surface area contributed by atoms with Crippen LogP contribution in [-0.4, -0.2) is 31.4 Å². The SMILES string of the molecule is O=[N+]([O-])c1c(F)cccc1S(=O)(=O)NCC1CCSCC1. The molecule has 9 heteroatoms. The normalized spacial score (nSPS) is 16.8. The van der Waals surface area contributed by atoms with Crippen LogP contribution in [0, 0.1) is 21.8 Å². The van der Waals surface area contributed by atoms with E-state index in [0.29, 0.717) is 0 Å². The van der Waals surface area contributed by atoms with Crippen molar-refractivity contribution in [2.45, 2.75) is 17.7 Å². The van der Waals surface area contributed by atoms with Gasteiger partial charge in [-0.15, -0.1) is 0 Å². The van der Waals surface area contributed by atoms with Gasteiger partial charge in [0.25, 0.3) is 0 Å². The molecule has 6 nitrogen and oxygen atoms in total. The Labute approximate surface area is 126 Å². The molecule has 0 atom stereocenters. The van der Waals surface area contributed by atoms with E-state index in [1.165, 1.54) is 0 Å². The Morgan fingerprint density at radius 1 is 1.38 bits per heavy atom. The fraction of sp³-hybridized carbons (Fsp3) is 0.500. The lowest BCUT2D eigenvalue weighted by molar-refractivity contribution is -0.390. The van der Waals surface area contributed by atoms with E-state index < -0.39 is 31.3 Å². The van der Waals surface area contributed by atoms with Gasteiger partial charge in [0.05, 0.1) is 4.92 Å². The Hall–Kier alpha value is -1.19. The molecule has 0 unspecified atom stereocenters. The fourth-order valence-corrected chi connectivity index (χ4v) is 4.64. The zero-order chi connectivity index (χ0) is 15.5. The molecule has 2 rings (SSSR count). The average Bonchev–Trinajstić information content (AvgIpc) is 2.46. The van der Waals surface area contributed by atoms with E-state index in [1.807, 2.05) is 11.8 Å². The number of halogens is 1. The second-order valence-electron chi connectivity index (χ2n) is 4.75. The number of thioether (sulfide) groups is 1. The van der Waals surface area contributed by atoms with Crippen molar-refractivity contribution in [1.82, 2.24) is 4.72 Å². The van der Waals surface area contributed by atoms with Crippen LogP contribution in [0.4, 0.5) is 10.1 Å². The van der Waals surface area contributed by atoms with Crippen molar-refractivity contribution < 1.29 is 17.7 Å². The van der Waals surface area contributed by atoms with Crippen molar-refractivity contribution in [3.63, 3.8) is 0 Å². The molecule has 1 aromatic carbocycles. The first-order valence-corrected chi connectivity index (χ1v) is 9.06. The van der Waals surface area contributed by atoms with Gasteiger partial charge in [0, 0.05) is 6.54 Å². The third-order valence-electron chi connectivity index (χ3n) is 3.32. The molecule has 0 spiro atoms. The van der Waals surface area contributed by atoms with Gasteiger partial charge >= 0.3 is 5.69 Å².